The van der Waals surface area contributed by atoms with E-state index in [-0.39, 0.29) is 35.6 Å². The first-order valence-electron chi connectivity index (χ1n) is 11.3. The maximum absolute atomic E-state index is 13.0. The number of carbonyl (C=O) groups excluding carboxylic acids is 3. The molecular weight excluding hydrogens is 421 g/mol. The molecule has 0 bridgehead atoms. The Balaban J connectivity index is 1.62. The summed E-state index contributed by atoms with van der Waals surface area (Å²) >= 11 is 5.90. The lowest BCUT2D eigenvalue weighted by molar-refractivity contribution is -0.125. The first-order chi connectivity index (χ1) is 15.5. The van der Waals surface area contributed by atoms with Gasteiger partial charge in [0.15, 0.2) is 0 Å². The molecule has 32 heavy (non-hydrogen) atoms. The van der Waals surface area contributed by atoms with E-state index in [0.29, 0.717) is 50.9 Å². The van der Waals surface area contributed by atoms with Crippen molar-refractivity contribution in [1.29, 1.82) is 0 Å². The van der Waals surface area contributed by atoms with E-state index in [1.165, 1.54) is 0 Å². The Labute approximate surface area is 195 Å². The summed E-state index contributed by atoms with van der Waals surface area (Å²) < 4.78 is 0. The van der Waals surface area contributed by atoms with Crippen LogP contribution in [0.25, 0.3) is 0 Å². The smallest absolute Gasteiger partial charge is 0.220 e. The summed E-state index contributed by atoms with van der Waals surface area (Å²) in [7, 11) is 0.371. The van der Waals surface area contributed by atoms with Crippen LogP contribution in [0.15, 0.2) is 66.7 Å². The second-order valence-electron chi connectivity index (χ2n) is 8.41. The molecule has 1 N–H and O–H groups in total. The number of amides is 1. The van der Waals surface area contributed by atoms with Gasteiger partial charge in [-0.2, -0.15) is 0 Å². The van der Waals surface area contributed by atoms with Gasteiger partial charge in [-0.1, -0.05) is 72.5 Å². The van der Waals surface area contributed by atoms with Crippen LogP contribution in [0.5, 0.6) is 0 Å². The van der Waals surface area contributed by atoms with Gasteiger partial charge in [0.25, 0.3) is 0 Å². The molecular formula is C26H29BClNO3. The molecule has 0 saturated heterocycles. The SMILES string of the molecule is O=C1CC/C=C/C[C@@H](CC(=O)NCc2ccc(Cl)cc2)C(=O)BC[C@@H](c2ccccc2)C1. The minimum Gasteiger partial charge on any atom is -0.352 e. The number of Topliss-reactive ketones (excluding diaryl/α,β-unsaturated/α-hetero) is 1. The van der Waals surface area contributed by atoms with Gasteiger partial charge in [-0.3, -0.25) is 9.59 Å². The molecule has 1 amide bonds. The standard InChI is InChI=1S/C26H29BClNO3/c28-23-13-11-19(12-14-23)18-29-25(31)16-21-9-5-2-6-10-24(30)15-22(17-27-26(21)32)20-7-3-1-4-8-20/h1-5,7-8,11-14,21-22,27H,6,9-10,15-18H2,(H,29,31)/b5-2+/t21-,22-/m0/s1. The zero-order valence-electron chi connectivity index (χ0n) is 18.3. The number of benzene rings is 2. The molecule has 0 aromatic heterocycles. The molecule has 4 nitrogen and oxygen atoms in total. The van der Waals surface area contributed by atoms with Gasteiger partial charge in [-0.25, -0.2) is 0 Å². The number of rotatable bonds is 5. The summed E-state index contributed by atoms with van der Waals surface area (Å²) in [5.41, 5.74) is 2.15. The van der Waals surface area contributed by atoms with Gasteiger partial charge < -0.3 is 10.1 Å². The molecule has 3 rings (SSSR count). The lowest BCUT2D eigenvalue weighted by atomic mass is 9.59. The van der Waals surface area contributed by atoms with Crippen molar-refractivity contribution in [2.24, 2.45) is 5.92 Å². The summed E-state index contributed by atoms with van der Waals surface area (Å²) in [6.45, 7) is 0.408. The van der Waals surface area contributed by atoms with Gasteiger partial charge in [0, 0.05) is 36.7 Å². The number of carbonyl (C=O) groups is 3. The molecule has 166 valence electrons. The molecule has 6 heteroatoms. The van der Waals surface area contributed by atoms with Crippen molar-refractivity contribution in [3.05, 3.63) is 82.9 Å². The molecule has 0 saturated carbocycles. The van der Waals surface area contributed by atoms with Crippen molar-refractivity contribution < 1.29 is 14.4 Å². The minimum absolute atomic E-state index is 0.0374. The van der Waals surface area contributed by atoms with Crippen molar-refractivity contribution in [1.82, 2.24) is 5.32 Å². The predicted molar refractivity (Wildman–Crippen MR) is 130 cm³/mol. The van der Waals surface area contributed by atoms with E-state index in [9.17, 15) is 14.4 Å². The monoisotopic (exact) mass is 449 g/mol. The van der Waals surface area contributed by atoms with Gasteiger partial charge in [0.1, 0.15) is 5.78 Å². The molecule has 0 fully saturated rings. The highest BCUT2D eigenvalue weighted by Crippen LogP contribution is 2.26. The van der Waals surface area contributed by atoms with E-state index in [1.54, 1.807) is 12.1 Å². The fourth-order valence-electron chi connectivity index (χ4n) is 4.06. The third-order valence-corrected chi connectivity index (χ3v) is 6.20. The molecule has 1 heterocycles. The molecule has 0 spiro atoms. The van der Waals surface area contributed by atoms with Crippen molar-refractivity contribution >= 4 is 36.3 Å². The molecule has 2 aromatic rings. The number of halogens is 1. The van der Waals surface area contributed by atoms with Crippen LogP contribution in [0.2, 0.25) is 11.3 Å². The van der Waals surface area contributed by atoms with E-state index in [2.05, 4.69) is 5.32 Å². The van der Waals surface area contributed by atoms with Crippen LogP contribution in [-0.4, -0.2) is 24.7 Å². The lowest BCUT2D eigenvalue weighted by Crippen LogP contribution is -2.30. The van der Waals surface area contributed by atoms with E-state index in [4.69, 9.17) is 11.6 Å². The van der Waals surface area contributed by atoms with Crippen molar-refractivity contribution in [2.45, 2.75) is 50.9 Å². The van der Waals surface area contributed by atoms with Gasteiger partial charge in [-0.05, 0) is 42.0 Å². The van der Waals surface area contributed by atoms with Crippen LogP contribution in [0.1, 0.15) is 49.1 Å². The zero-order valence-corrected chi connectivity index (χ0v) is 19.0. The van der Waals surface area contributed by atoms with E-state index >= 15 is 0 Å². The lowest BCUT2D eigenvalue weighted by Gasteiger charge is -2.19. The average Bonchev–Trinajstić information content (AvgIpc) is 2.80. The molecule has 0 radical (unpaired) electrons. The van der Waals surface area contributed by atoms with E-state index in [1.807, 2.05) is 54.6 Å². The highest BCUT2D eigenvalue weighted by Gasteiger charge is 2.24. The van der Waals surface area contributed by atoms with Crippen LogP contribution >= 0.6 is 11.6 Å². The number of hydrogen-bond acceptors (Lipinski definition) is 3. The summed E-state index contributed by atoms with van der Waals surface area (Å²) in [4.78, 5) is 38.0. The quantitative estimate of drug-likeness (QED) is 0.525. The van der Waals surface area contributed by atoms with Crippen LogP contribution in [0.3, 0.4) is 0 Å². The number of ketones is 1. The Morgan fingerprint density at radius 3 is 2.53 bits per heavy atom. The highest BCUT2D eigenvalue weighted by atomic mass is 35.5. The minimum atomic E-state index is -0.344. The third kappa shape index (κ3) is 7.79. The molecule has 2 atom stereocenters. The van der Waals surface area contributed by atoms with Crippen LogP contribution in [-0.2, 0) is 20.9 Å². The number of allylic oxidation sites excluding steroid dienone is 2. The number of nitrogens with one attached hydrogen (secondary N) is 1. The fraction of sp³-hybridized carbons (Fsp3) is 0.346. The second kappa shape index (κ2) is 12.4. The number of hydrogen-bond donors (Lipinski definition) is 1. The largest absolute Gasteiger partial charge is 0.352 e. The Bertz CT molecular complexity index is 943. The summed E-state index contributed by atoms with van der Waals surface area (Å²) in [5.74, 6) is -0.207. The Morgan fingerprint density at radius 1 is 1.03 bits per heavy atom. The van der Waals surface area contributed by atoms with Gasteiger partial charge in [0.2, 0.25) is 13.2 Å². The van der Waals surface area contributed by atoms with Crippen molar-refractivity contribution in [3.8, 4) is 0 Å². The molecule has 1 aliphatic rings. The summed E-state index contributed by atoms with van der Waals surface area (Å²) in [5, 5.41) is 3.56. The third-order valence-electron chi connectivity index (χ3n) is 5.95. The van der Waals surface area contributed by atoms with Gasteiger partial charge in [0.05, 0.1) is 5.68 Å². The van der Waals surface area contributed by atoms with Crippen LogP contribution in [0.4, 0.5) is 0 Å². The summed E-state index contributed by atoms with van der Waals surface area (Å²) in [6.07, 6.45) is 6.87. The highest BCUT2D eigenvalue weighted by molar-refractivity contribution is 6.74. The molecule has 2 aromatic carbocycles. The molecule has 0 aliphatic carbocycles. The first kappa shape index (κ1) is 24.0. The Morgan fingerprint density at radius 2 is 1.78 bits per heavy atom. The normalized spacial score (nSPS) is 21.0. The average molecular weight is 450 g/mol. The maximum atomic E-state index is 13.0. The Hall–Kier alpha value is -2.66. The molecule has 0 unspecified atom stereocenters. The second-order valence-corrected chi connectivity index (χ2v) is 8.84. The maximum Gasteiger partial charge on any atom is 0.220 e. The fourth-order valence-corrected chi connectivity index (χ4v) is 4.19. The van der Waals surface area contributed by atoms with E-state index < -0.39 is 0 Å². The van der Waals surface area contributed by atoms with Crippen LogP contribution < -0.4 is 5.32 Å². The van der Waals surface area contributed by atoms with Crippen molar-refractivity contribution in [3.63, 3.8) is 0 Å². The molecule has 1 aliphatic heterocycles. The zero-order chi connectivity index (χ0) is 22.8. The predicted octanol–water partition coefficient (Wildman–Crippen LogP) is 4.83. The Kier molecular flexibility index (Phi) is 9.30. The topological polar surface area (TPSA) is 63.2 Å². The van der Waals surface area contributed by atoms with E-state index in [0.717, 1.165) is 11.1 Å². The summed E-state index contributed by atoms with van der Waals surface area (Å²) in [6, 6.07) is 17.3. The van der Waals surface area contributed by atoms with Gasteiger partial charge >= 0.3 is 0 Å². The van der Waals surface area contributed by atoms with Gasteiger partial charge in [-0.15, -0.1) is 0 Å². The van der Waals surface area contributed by atoms with Crippen LogP contribution in [0, 0.1) is 5.92 Å². The van der Waals surface area contributed by atoms with Crippen molar-refractivity contribution in [2.75, 3.05) is 0 Å². The first-order valence-corrected chi connectivity index (χ1v) is 11.6.